The summed E-state index contributed by atoms with van der Waals surface area (Å²) < 4.78 is 0. The van der Waals surface area contributed by atoms with Gasteiger partial charge in [0.15, 0.2) is 0 Å². The lowest BCUT2D eigenvalue weighted by Crippen LogP contribution is -1.98. The summed E-state index contributed by atoms with van der Waals surface area (Å²) in [7, 11) is 0. The van der Waals surface area contributed by atoms with E-state index in [2.05, 4.69) is 26.8 Å². The molecule has 0 heterocycles. The van der Waals surface area contributed by atoms with E-state index in [1.807, 2.05) is 0 Å². The van der Waals surface area contributed by atoms with Gasteiger partial charge in [-0.1, -0.05) is 31.9 Å². The molecule has 2 rings (SSSR count). The first-order chi connectivity index (χ1) is 5.24. The van der Waals surface area contributed by atoms with E-state index in [1.54, 1.807) is 5.57 Å². The third kappa shape index (κ3) is 1.23. The van der Waals surface area contributed by atoms with E-state index in [0.29, 0.717) is 0 Å². The molecule has 1 saturated carbocycles. The fourth-order valence-electron chi connectivity index (χ4n) is 2.30. The SMILES string of the molecule is CCC(C)C1CC1C1C=C1C. The zero-order chi connectivity index (χ0) is 8.01. The maximum atomic E-state index is 2.44. The molecule has 1 fully saturated rings. The zero-order valence-corrected chi connectivity index (χ0v) is 7.80. The highest BCUT2D eigenvalue weighted by Crippen LogP contribution is 2.56. The molecule has 2 aliphatic rings. The molecule has 0 aliphatic heterocycles. The van der Waals surface area contributed by atoms with Crippen LogP contribution in [0.25, 0.3) is 0 Å². The molecule has 0 amide bonds. The Morgan fingerprint density at radius 3 is 2.73 bits per heavy atom. The molecule has 0 aromatic rings. The highest BCUT2D eigenvalue weighted by Gasteiger charge is 2.48. The van der Waals surface area contributed by atoms with Gasteiger partial charge in [-0.15, -0.1) is 0 Å². The monoisotopic (exact) mass is 150 g/mol. The Bertz CT molecular complexity index is 184. The average molecular weight is 150 g/mol. The molecule has 0 spiro atoms. The summed E-state index contributed by atoms with van der Waals surface area (Å²) >= 11 is 0. The number of hydrogen-bond acceptors (Lipinski definition) is 0. The fraction of sp³-hybridized carbons (Fsp3) is 0.818. The van der Waals surface area contributed by atoms with Crippen LogP contribution in [0.3, 0.4) is 0 Å². The lowest BCUT2D eigenvalue weighted by molar-refractivity contribution is 0.450. The molecule has 0 saturated heterocycles. The smallest absolute Gasteiger partial charge is 0.000811 e. The summed E-state index contributed by atoms with van der Waals surface area (Å²) in [6.45, 7) is 6.99. The average Bonchev–Trinajstić information content (AvgIpc) is 2.81. The maximum absolute atomic E-state index is 2.44. The Hall–Kier alpha value is -0.260. The molecule has 0 N–H and O–H groups in total. The normalized spacial score (nSPS) is 43.2. The van der Waals surface area contributed by atoms with E-state index >= 15 is 0 Å². The summed E-state index contributed by atoms with van der Waals surface area (Å²) in [5.41, 5.74) is 1.65. The van der Waals surface area contributed by atoms with Crippen molar-refractivity contribution in [2.45, 2.75) is 33.6 Å². The van der Waals surface area contributed by atoms with Gasteiger partial charge in [-0.2, -0.15) is 0 Å². The van der Waals surface area contributed by atoms with Crippen LogP contribution in [0.1, 0.15) is 33.6 Å². The van der Waals surface area contributed by atoms with Gasteiger partial charge in [-0.05, 0) is 31.1 Å². The van der Waals surface area contributed by atoms with Crippen LogP contribution in [0.4, 0.5) is 0 Å². The van der Waals surface area contributed by atoms with Crippen LogP contribution < -0.4 is 0 Å². The fourth-order valence-corrected chi connectivity index (χ4v) is 2.30. The summed E-state index contributed by atoms with van der Waals surface area (Å²) in [6.07, 6.45) is 5.31. The van der Waals surface area contributed by atoms with Crippen LogP contribution in [-0.2, 0) is 0 Å². The molecular formula is C11H18. The quantitative estimate of drug-likeness (QED) is 0.542. The summed E-state index contributed by atoms with van der Waals surface area (Å²) in [5.74, 6) is 4.04. The molecule has 0 heteroatoms. The van der Waals surface area contributed by atoms with E-state index in [4.69, 9.17) is 0 Å². The number of hydrogen-bond donors (Lipinski definition) is 0. The van der Waals surface area contributed by atoms with Gasteiger partial charge in [0.05, 0.1) is 0 Å². The van der Waals surface area contributed by atoms with E-state index in [1.165, 1.54) is 12.8 Å². The zero-order valence-electron chi connectivity index (χ0n) is 7.80. The van der Waals surface area contributed by atoms with Crippen molar-refractivity contribution in [1.82, 2.24) is 0 Å². The van der Waals surface area contributed by atoms with Crippen LogP contribution in [0.2, 0.25) is 0 Å². The molecular weight excluding hydrogens is 132 g/mol. The Morgan fingerprint density at radius 1 is 1.64 bits per heavy atom. The highest BCUT2D eigenvalue weighted by atomic mass is 14.5. The van der Waals surface area contributed by atoms with Crippen molar-refractivity contribution in [2.24, 2.45) is 23.7 Å². The largest absolute Gasteiger partial charge is 0.0775 e. The summed E-state index contributed by atoms with van der Waals surface area (Å²) in [4.78, 5) is 0. The second-order valence-corrected chi connectivity index (χ2v) is 4.39. The van der Waals surface area contributed by atoms with Crippen LogP contribution in [-0.4, -0.2) is 0 Å². The maximum Gasteiger partial charge on any atom is 0.000811 e. The standard InChI is InChI=1S/C11H18/c1-4-7(2)10-6-11(10)9-5-8(9)3/h5,7,9-11H,4,6H2,1-3H3. The van der Waals surface area contributed by atoms with Crippen LogP contribution in [0.5, 0.6) is 0 Å². The van der Waals surface area contributed by atoms with Crippen molar-refractivity contribution in [1.29, 1.82) is 0 Å². The molecule has 0 nitrogen and oxygen atoms in total. The lowest BCUT2D eigenvalue weighted by atomic mass is 9.99. The van der Waals surface area contributed by atoms with Gasteiger partial charge in [-0.3, -0.25) is 0 Å². The third-order valence-electron chi connectivity index (χ3n) is 3.59. The molecule has 0 aromatic heterocycles. The number of allylic oxidation sites excluding steroid dienone is 2. The third-order valence-corrected chi connectivity index (χ3v) is 3.59. The molecule has 4 atom stereocenters. The van der Waals surface area contributed by atoms with Crippen molar-refractivity contribution in [3.63, 3.8) is 0 Å². The van der Waals surface area contributed by atoms with Gasteiger partial charge in [0.1, 0.15) is 0 Å². The molecule has 11 heavy (non-hydrogen) atoms. The van der Waals surface area contributed by atoms with Gasteiger partial charge in [-0.25, -0.2) is 0 Å². The second-order valence-electron chi connectivity index (χ2n) is 4.39. The van der Waals surface area contributed by atoms with Gasteiger partial charge < -0.3 is 0 Å². The molecule has 2 aliphatic carbocycles. The van der Waals surface area contributed by atoms with Crippen LogP contribution in [0, 0.1) is 23.7 Å². The molecule has 4 unspecified atom stereocenters. The lowest BCUT2D eigenvalue weighted by Gasteiger charge is -2.06. The summed E-state index contributed by atoms with van der Waals surface area (Å²) in [6, 6.07) is 0. The van der Waals surface area contributed by atoms with E-state index in [-0.39, 0.29) is 0 Å². The Balaban J connectivity index is 1.78. The van der Waals surface area contributed by atoms with Gasteiger partial charge in [0.25, 0.3) is 0 Å². The minimum Gasteiger partial charge on any atom is -0.0775 e. The van der Waals surface area contributed by atoms with Crippen molar-refractivity contribution < 1.29 is 0 Å². The summed E-state index contributed by atoms with van der Waals surface area (Å²) in [5, 5.41) is 0. The topological polar surface area (TPSA) is 0 Å². The van der Waals surface area contributed by atoms with Crippen LogP contribution in [0.15, 0.2) is 11.6 Å². The Morgan fingerprint density at radius 2 is 2.27 bits per heavy atom. The van der Waals surface area contributed by atoms with E-state index < -0.39 is 0 Å². The first kappa shape index (κ1) is 7.39. The molecule has 62 valence electrons. The van der Waals surface area contributed by atoms with Gasteiger partial charge in [0.2, 0.25) is 0 Å². The van der Waals surface area contributed by atoms with Gasteiger partial charge in [0, 0.05) is 5.92 Å². The first-order valence-electron chi connectivity index (χ1n) is 4.92. The molecule has 0 bridgehead atoms. The van der Waals surface area contributed by atoms with Crippen molar-refractivity contribution >= 4 is 0 Å². The van der Waals surface area contributed by atoms with Crippen molar-refractivity contribution in [2.75, 3.05) is 0 Å². The molecule has 0 aromatic carbocycles. The Kier molecular flexibility index (Phi) is 1.59. The van der Waals surface area contributed by atoms with E-state index in [0.717, 1.165) is 23.7 Å². The van der Waals surface area contributed by atoms with E-state index in [9.17, 15) is 0 Å². The number of rotatable bonds is 3. The minimum absolute atomic E-state index is 0.939. The van der Waals surface area contributed by atoms with Crippen molar-refractivity contribution in [3.8, 4) is 0 Å². The molecule has 0 radical (unpaired) electrons. The predicted molar refractivity (Wildman–Crippen MR) is 48.3 cm³/mol. The minimum atomic E-state index is 0.939. The highest BCUT2D eigenvalue weighted by molar-refractivity contribution is 5.31. The Labute approximate surface area is 69.7 Å². The van der Waals surface area contributed by atoms with Gasteiger partial charge >= 0.3 is 0 Å². The van der Waals surface area contributed by atoms with Crippen LogP contribution >= 0.6 is 0 Å². The van der Waals surface area contributed by atoms with Crippen molar-refractivity contribution in [3.05, 3.63) is 11.6 Å². The first-order valence-corrected chi connectivity index (χ1v) is 4.92. The second kappa shape index (κ2) is 2.36. The predicted octanol–water partition coefficient (Wildman–Crippen LogP) is 3.24.